The highest BCUT2D eigenvalue weighted by Gasteiger charge is 2.50. The van der Waals surface area contributed by atoms with Crippen LogP contribution in [0.4, 0.5) is 0 Å². The molecule has 1 saturated carbocycles. The lowest BCUT2D eigenvalue weighted by molar-refractivity contribution is -0.136. The largest absolute Gasteiger partial charge is 0.473 e. The van der Waals surface area contributed by atoms with Gasteiger partial charge in [-0.25, -0.2) is 9.78 Å². The molecule has 8 nitrogen and oxygen atoms in total. The van der Waals surface area contributed by atoms with Crippen molar-refractivity contribution in [3.05, 3.63) is 40.3 Å². The molecule has 32 heavy (non-hydrogen) atoms. The van der Waals surface area contributed by atoms with Gasteiger partial charge in [0.2, 0.25) is 11.8 Å². The van der Waals surface area contributed by atoms with Gasteiger partial charge in [0.25, 0.3) is 0 Å². The van der Waals surface area contributed by atoms with Crippen LogP contribution in [0.3, 0.4) is 0 Å². The van der Waals surface area contributed by atoms with Gasteiger partial charge in [0.05, 0.1) is 6.61 Å². The van der Waals surface area contributed by atoms with E-state index in [1.807, 2.05) is 11.8 Å². The summed E-state index contributed by atoms with van der Waals surface area (Å²) >= 11 is 6.16. The molecule has 2 fully saturated rings. The third kappa shape index (κ3) is 3.85. The molecule has 0 aromatic carbocycles. The first kappa shape index (κ1) is 21.2. The number of amides is 1. The van der Waals surface area contributed by atoms with Crippen LogP contribution in [0.1, 0.15) is 60.8 Å². The van der Waals surface area contributed by atoms with Crippen LogP contribution in [-0.2, 0) is 22.5 Å². The number of rotatable bonds is 6. The average Bonchev–Trinajstić information content (AvgIpc) is 3.29. The van der Waals surface area contributed by atoms with E-state index in [1.165, 1.54) is 0 Å². The first-order valence-electron chi connectivity index (χ1n) is 11.3. The van der Waals surface area contributed by atoms with Crippen LogP contribution in [0.15, 0.2) is 18.3 Å². The minimum Gasteiger partial charge on any atom is -0.473 e. The van der Waals surface area contributed by atoms with E-state index in [1.54, 1.807) is 29.9 Å². The number of esters is 1. The van der Waals surface area contributed by atoms with Crippen molar-refractivity contribution < 1.29 is 19.1 Å². The van der Waals surface area contributed by atoms with Crippen molar-refractivity contribution in [2.75, 3.05) is 13.2 Å². The number of likely N-dealkylation sites (tertiary alicyclic amines) is 1. The van der Waals surface area contributed by atoms with E-state index in [0.717, 1.165) is 24.1 Å². The maximum Gasteiger partial charge on any atom is 0.359 e. The fourth-order valence-corrected chi connectivity index (χ4v) is 5.28. The van der Waals surface area contributed by atoms with Crippen LogP contribution in [-0.4, -0.2) is 56.8 Å². The summed E-state index contributed by atoms with van der Waals surface area (Å²) in [5.74, 6) is 1.04. The average molecular weight is 459 g/mol. The maximum atomic E-state index is 13.2. The van der Waals surface area contributed by atoms with E-state index < -0.39 is 0 Å². The summed E-state index contributed by atoms with van der Waals surface area (Å²) in [4.78, 5) is 31.7. The lowest BCUT2D eigenvalue weighted by atomic mass is 10.0. The standard InChI is InChI=1S/C23H27ClN4O4/c1-3-31-23(30)21-20-16-10-14(16)11-18(20)28(26-21)12-19(29)27-8-6-15(9-13(27)2)32-22-17(24)5-4-7-25-22/h4-5,7,13-16H,3,6,8-12H2,1-2H3/t13-,14-,15-,16-/m1/s1. The highest BCUT2D eigenvalue weighted by molar-refractivity contribution is 6.31. The molecule has 0 unspecified atom stereocenters. The molecular weight excluding hydrogens is 432 g/mol. The Labute approximate surface area is 191 Å². The number of fused-ring (bicyclic) bond motifs is 3. The van der Waals surface area contributed by atoms with E-state index in [4.69, 9.17) is 21.1 Å². The fraction of sp³-hybridized carbons (Fsp3) is 0.565. The first-order valence-corrected chi connectivity index (χ1v) is 11.7. The van der Waals surface area contributed by atoms with Gasteiger partial charge in [-0.1, -0.05) is 11.6 Å². The minimum atomic E-state index is -0.387. The summed E-state index contributed by atoms with van der Waals surface area (Å²) in [6.45, 7) is 4.86. The Morgan fingerprint density at radius 1 is 1.31 bits per heavy atom. The molecule has 5 rings (SSSR count). The number of ether oxygens (including phenoxy) is 2. The molecule has 170 valence electrons. The molecule has 4 atom stereocenters. The molecule has 1 amide bonds. The van der Waals surface area contributed by atoms with E-state index >= 15 is 0 Å². The van der Waals surface area contributed by atoms with E-state index in [2.05, 4.69) is 10.1 Å². The zero-order chi connectivity index (χ0) is 22.4. The SMILES string of the molecule is CCOC(=O)c1nn(CC(=O)N2CC[C@@H](Oc3ncccc3Cl)C[C@H]2C)c2c1[C@@H]1C[C@@H]1C2. The smallest absolute Gasteiger partial charge is 0.359 e. The Balaban J connectivity index is 1.25. The second-order valence-corrected chi connectivity index (χ2v) is 9.29. The molecule has 9 heteroatoms. The number of nitrogens with zero attached hydrogens (tertiary/aromatic N) is 4. The second-order valence-electron chi connectivity index (χ2n) is 8.88. The van der Waals surface area contributed by atoms with Gasteiger partial charge >= 0.3 is 5.97 Å². The van der Waals surface area contributed by atoms with Crippen LogP contribution < -0.4 is 4.74 Å². The highest BCUT2D eigenvalue weighted by atomic mass is 35.5. The molecule has 1 aliphatic heterocycles. The topological polar surface area (TPSA) is 86.5 Å². The van der Waals surface area contributed by atoms with Gasteiger partial charge in [-0.15, -0.1) is 0 Å². The Morgan fingerprint density at radius 2 is 2.16 bits per heavy atom. The Hall–Kier alpha value is -2.61. The summed E-state index contributed by atoms with van der Waals surface area (Å²) in [6, 6.07) is 3.54. The van der Waals surface area contributed by atoms with Gasteiger partial charge in [0.15, 0.2) is 5.69 Å². The van der Waals surface area contributed by atoms with Crippen molar-refractivity contribution in [2.45, 2.75) is 64.1 Å². The van der Waals surface area contributed by atoms with Crippen molar-refractivity contribution in [1.29, 1.82) is 0 Å². The summed E-state index contributed by atoms with van der Waals surface area (Å²) in [5.41, 5.74) is 2.43. The predicted molar refractivity (Wildman–Crippen MR) is 117 cm³/mol. The predicted octanol–water partition coefficient (Wildman–Crippen LogP) is 3.23. The lowest BCUT2D eigenvalue weighted by Gasteiger charge is -2.37. The third-order valence-corrected chi connectivity index (χ3v) is 7.04. The summed E-state index contributed by atoms with van der Waals surface area (Å²) < 4.78 is 12.9. The van der Waals surface area contributed by atoms with Crippen molar-refractivity contribution in [2.24, 2.45) is 5.92 Å². The van der Waals surface area contributed by atoms with Gasteiger partial charge < -0.3 is 14.4 Å². The molecular formula is C23H27ClN4O4. The van der Waals surface area contributed by atoms with E-state index in [0.29, 0.717) is 54.4 Å². The molecule has 0 bridgehead atoms. The Morgan fingerprint density at radius 3 is 2.91 bits per heavy atom. The number of halogens is 1. The van der Waals surface area contributed by atoms with Gasteiger partial charge in [-0.05, 0) is 50.7 Å². The molecule has 0 N–H and O–H groups in total. The monoisotopic (exact) mass is 458 g/mol. The second kappa shape index (κ2) is 8.39. The zero-order valence-corrected chi connectivity index (χ0v) is 19.0. The molecule has 2 aromatic heterocycles. The highest BCUT2D eigenvalue weighted by Crippen LogP contribution is 2.57. The van der Waals surface area contributed by atoms with Gasteiger partial charge in [-0.3, -0.25) is 9.48 Å². The zero-order valence-electron chi connectivity index (χ0n) is 18.3. The molecule has 2 aromatic rings. The maximum absolute atomic E-state index is 13.2. The number of pyridine rings is 1. The number of carbonyl (C=O) groups excluding carboxylic acids is 2. The van der Waals surface area contributed by atoms with Crippen molar-refractivity contribution in [3.8, 4) is 5.88 Å². The molecule has 1 saturated heterocycles. The van der Waals surface area contributed by atoms with Crippen LogP contribution in [0.5, 0.6) is 5.88 Å². The number of piperidine rings is 1. The van der Waals surface area contributed by atoms with Crippen molar-refractivity contribution >= 4 is 23.5 Å². The van der Waals surface area contributed by atoms with E-state index in [9.17, 15) is 9.59 Å². The Kier molecular flexibility index (Phi) is 5.57. The normalized spacial score (nSPS) is 25.8. The number of carbonyl (C=O) groups is 2. The first-order chi connectivity index (χ1) is 15.5. The van der Waals surface area contributed by atoms with Gasteiger partial charge in [0, 0.05) is 42.9 Å². The summed E-state index contributed by atoms with van der Waals surface area (Å²) in [5, 5.41) is 5.00. The molecule has 3 heterocycles. The minimum absolute atomic E-state index is 0.00750. The number of hydrogen-bond acceptors (Lipinski definition) is 6. The quantitative estimate of drug-likeness (QED) is 0.618. The fourth-order valence-electron chi connectivity index (χ4n) is 5.11. The van der Waals surface area contributed by atoms with Crippen LogP contribution in [0.2, 0.25) is 5.02 Å². The molecule has 0 radical (unpaired) electrons. The molecule has 2 aliphatic carbocycles. The van der Waals surface area contributed by atoms with Crippen molar-refractivity contribution in [3.63, 3.8) is 0 Å². The molecule has 0 spiro atoms. The summed E-state index contributed by atoms with van der Waals surface area (Å²) in [7, 11) is 0. The molecule has 3 aliphatic rings. The summed E-state index contributed by atoms with van der Waals surface area (Å²) in [6.07, 6.45) is 5.00. The van der Waals surface area contributed by atoms with E-state index in [-0.39, 0.29) is 30.6 Å². The van der Waals surface area contributed by atoms with Crippen LogP contribution >= 0.6 is 11.6 Å². The van der Waals surface area contributed by atoms with Crippen molar-refractivity contribution in [1.82, 2.24) is 19.7 Å². The lowest BCUT2D eigenvalue weighted by Crippen LogP contribution is -2.48. The number of aromatic nitrogens is 3. The third-order valence-electron chi connectivity index (χ3n) is 6.75. The number of hydrogen-bond donors (Lipinski definition) is 0. The van der Waals surface area contributed by atoms with Gasteiger partial charge in [-0.2, -0.15) is 5.10 Å². The van der Waals surface area contributed by atoms with Gasteiger partial charge in [0.1, 0.15) is 17.7 Å². The van der Waals surface area contributed by atoms with Crippen LogP contribution in [0, 0.1) is 5.92 Å². The Bertz CT molecular complexity index is 1050. The van der Waals surface area contributed by atoms with Crippen LogP contribution in [0.25, 0.3) is 0 Å².